The summed E-state index contributed by atoms with van der Waals surface area (Å²) >= 11 is 6.25. The number of hydrogen-bond donors (Lipinski definition) is 0. The Morgan fingerprint density at radius 3 is 2.55 bits per heavy atom. The molecule has 0 amide bonds. The quantitative estimate of drug-likeness (QED) is 0.606. The number of nitrogens with zero attached hydrogens (tertiary/aromatic N) is 2. The summed E-state index contributed by atoms with van der Waals surface area (Å²) in [6.45, 7) is 3.96. The Labute approximate surface area is 121 Å². The number of fused-ring (bicyclic) bond motifs is 1. The van der Waals surface area contributed by atoms with E-state index >= 15 is 0 Å². The van der Waals surface area contributed by atoms with E-state index in [1.165, 1.54) is 6.07 Å². The van der Waals surface area contributed by atoms with Crippen LogP contribution in [0, 0.1) is 19.7 Å². The van der Waals surface area contributed by atoms with Gasteiger partial charge in [-0.05, 0) is 43.2 Å². The van der Waals surface area contributed by atoms with Crippen LogP contribution in [0.4, 0.5) is 4.39 Å². The van der Waals surface area contributed by atoms with Crippen LogP contribution in [0.5, 0.6) is 0 Å². The van der Waals surface area contributed by atoms with Gasteiger partial charge in [0.15, 0.2) is 5.82 Å². The highest BCUT2D eigenvalue weighted by atomic mass is 35.5. The predicted molar refractivity (Wildman–Crippen MR) is 79.4 cm³/mol. The summed E-state index contributed by atoms with van der Waals surface area (Å²) in [7, 11) is 0. The van der Waals surface area contributed by atoms with Gasteiger partial charge in [-0.25, -0.2) is 14.4 Å². The SMILES string of the molecule is Cc1cc(C)c2c(Cl)nc(-c3ccccc3F)nc2c1. The second-order valence-corrected chi connectivity index (χ2v) is 5.15. The fourth-order valence-electron chi connectivity index (χ4n) is 2.35. The van der Waals surface area contributed by atoms with E-state index in [1.807, 2.05) is 26.0 Å². The molecule has 1 heterocycles. The van der Waals surface area contributed by atoms with Gasteiger partial charge in [-0.1, -0.05) is 29.8 Å². The van der Waals surface area contributed by atoms with Crippen molar-refractivity contribution < 1.29 is 4.39 Å². The summed E-state index contributed by atoms with van der Waals surface area (Å²) in [5.41, 5.74) is 3.20. The first-order valence-corrected chi connectivity index (χ1v) is 6.63. The smallest absolute Gasteiger partial charge is 0.164 e. The Hall–Kier alpha value is -2.00. The van der Waals surface area contributed by atoms with E-state index < -0.39 is 0 Å². The van der Waals surface area contributed by atoms with E-state index in [9.17, 15) is 4.39 Å². The first-order valence-electron chi connectivity index (χ1n) is 6.25. The lowest BCUT2D eigenvalue weighted by Gasteiger charge is -2.08. The van der Waals surface area contributed by atoms with Gasteiger partial charge in [0, 0.05) is 5.39 Å². The Morgan fingerprint density at radius 1 is 1.05 bits per heavy atom. The Kier molecular flexibility index (Phi) is 3.14. The molecule has 0 radical (unpaired) electrons. The van der Waals surface area contributed by atoms with Crippen LogP contribution in [0.1, 0.15) is 11.1 Å². The lowest BCUT2D eigenvalue weighted by atomic mass is 10.1. The molecule has 0 bridgehead atoms. The monoisotopic (exact) mass is 286 g/mol. The third-order valence-electron chi connectivity index (χ3n) is 3.21. The van der Waals surface area contributed by atoms with Crippen LogP contribution in [-0.2, 0) is 0 Å². The molecule has 3 aromatic rings. The topological polar surface area (TPSA) is 25.8 Å². The third-order valence-corrected chi connectivity index (χ3v) is 3.48. The second kappa shape index (κ2) is 4.84. The van der Waals surface area contributed by atoms with Crippen molar-refractivity contribution in [1.29, 1.82) is 0 Å². The number of halogens is 2. The highest BCUT2D eigenvalue weighted by Crippen LogP contribution is 2.29. The predicted octanol–water partition coefficient (Wildman–Crippen LogP) is 4.71. The van der Waals surface area contributed by atoms with Crippen molar-refractivity contribution in [3.05, 3.63) is 58.5 Å². The van der Waals surface area contributed by atoms with E-state index in [4.69, 9.17) is 11.6 Å². The summed E-state index contributed by atoms with van der Waals surface area (Å²) in [5.74, 6) is -0.0436. The maximum Gasteiger partial charge on any atom is 0.164 e. The molecule has 0 unspecified atom stereocenters. The van der Waals surface area contributed by atoms with Crippen molar-refractivity contribution in [2.45, 2.75) is 13.8 Å². The minimum atomic E-state index is -0.354. The van der Waals surface area contributed by atoms with Crippen molar-refractivity contribution in [3.63, 3.8) is 0 Å². The number of aromatic nitrogens is 2. The van der Waals surface area contributed by atoms with Crippen LogP contribution >= 0.6 is 11.6 Å². The van der Waals surface area contributed by atoms with Gasteiger partial charge in [0.05, 0.1) is 11.1 Å². The zero-order chi connectivity index (χ0) is 14.3. The molecule has 100 valence electrons. The van der Waals surface area contributed by atoms with Gasteiger partial charge < -0.3 is 0 Å². The van der Waals surface area contributed by atoms with Gasteiger partial charge in [0.25, 0.3) is 0 Å². The summed E-state index contributed by atoms with van der Waals surface area (Å²) in [5, 5.41) is 1.17. The fourth-order valence-corrected chi connectivity index (χ4v) is 2.68. The maximum atomic E-state index is 13.8. The molecule has 0 fully saturated rings. The van der Waals surface area contributed by atoms with Gasteiger partial charge >= 0.3 is 0 Å². The molecule has 0 atom stereocenters. The first-order chi connectivity index (χ1) is 9.56. The number of rotatable bonds is 1. The standard InChI is InChI=1S/C16H12ClFN2/c1-9-7-10(2)14-13(8-9)19-16(20-15(14)17)11-5-3-4-6-12(11)18/h3-8H,1-2H3. The number of benzene rings is 2. The summed E-state index contributed by atoms with van der Waals surface area (Å²) in [6.07, 6.45) is 0. The number of hydrogen-bond acceptors (Lipinski definition) is 2. The first kappa shape index (κ1) is 13.0. The van der Waals surface area contributed by atoms with Crippen LogP contribution in [0.3, 0.4) is 0 Å². The molecule has 0 saturated carbocycles. The summed E-state index contributed by atoms with van der Waals surface area (Å²) in [4.78, 5) is 8.69. The molecule has 0 saturated heterocycles. The van der Waals surface area contributed by atoms with Crippen LogP contribution in [0.2, 0.25) is 5.15 Å². The van der Waals surface area contributed by atoms with Crippen molar-refractivity contribution in [1.82, 2.24) is 9.97 Å². The highest BCUT2D eigenvalue weighted by molar-refractivity contribution is 6.34. The van der Waals surface area contributed by atoms with Crippen molar-refractivity contribution in [2.24, 2.45) is 0 Å². The molecule has 2 aromatic carbocycles. The summed E-state index contributed by atoms with van der Waals surface area (Å²) < 4.78 is 13.8. The average molecular weight is 287 g/mol. The normalized spacial score (nSPS) is 11.0. The van der Waals surface area contributed by atoms with Crippen molar-refractivity contribution in [3.8, 4) is 11.4 Å². The molecule has 0 aliphatic heterocycles. The molecule has 0 aliphatic carbocycles. The van der Waals surface area contributed by atoms with E-state index in [-0.39, 0.29) is 5.82 Å². The Balaban J connectivity index is 2.33. The molecule has 20 heavy (non-hydrogen) atoms. The fraction of sp³-hybridized carbons (Fsp3) is 0.125. The van der Waals surface area contributed by atoms with Crippen LogP contribution < -0.4 is 0 Å². The van der Waals surface area contributed by atoms with Crippen LogP contribution in [0.15, 0.2) is 36.4 Å². The number of aryl methyl sites for hydroxylation is 2. The zero-order valence-electron chi connectivity index (χ0n) is 11.1. The molecule has 0 N–H and O–H groups in total. The van der Waals surface area contributed by atoms with Crippen LogP contribution in [-0.4, -0.2) is 9.97 Å². The van der Waals surface area contributed by atoms with Crippen molar-refractivity contribution in [2.75, 3.05) is 0 Å². The Bertz CT molecular complexity index is 815. The van der Waals surface area contributed by atoms with Gasteiger partial charge in [-0.15, -0.1) is 0 Å². The minimum Gasteiger partial charge on any atom is -0.228 e. The zero-order valence-corrected chi connectivity index (χ0v) is 11.9. The van der Waals surface area contributed by atoms with Gasteiger partial charge in [0.1, 0.15) is 11.0 Å². The van der Waals surface area contributed by atoms with E-state index in [0.717, 1.165) is 22.0 Å². The average Bonchev–Trinajstić information content (AvgIpc) is 2.37. The van der Waals surface area contributed by atoms with E-state index in [1.54, 1.807) is 18.2 Å². The third kappa shape index (κ3) is 2.14. The van der Waals surface area contributed by atoms with Gasteiger partial charge in [0.2, 0.25) is 0 Å². The molecule has 3 rings (SSSR count). The highest BCUT2D eigenvalue weighted by Gasteiger charge is 2.12. The lowest BCUT2D eigenvalue weighted by Crippen LogP contribution is -1.96. The maximum absolute atomic E-state index is 13.8. The van der Waals surface area contributed by atoms with Crippen molar-refractivity contribution >= 4 is 22.5 Å². The van der Waals surface area contributed by atoms with E-state index in [0.29, 0.717) is 16.5 Å². The second-order valence-electron chi connectivity index (χ2n) is 4.79. The lowest BCUT2D eigenvalue weighted by molar-refractivity contribution is 0.630. The van der Waals surface area contributed by atoms with Gasteiger partial charge in [-0.3, -0.25) is 0 Å². The molecular weight excluding hydrogens is 275 g/mol. The summed E-state index contributed by atoms with van der Waals surface area (Å²) in [6, 6.07) is 10.4. The molecular formula is C16H12ClFN2. The molecule has 2 nitrogen and oxygen atoms in total. The minimum absolute atomic E-state index is 0.311. The molecule has 1 aromatic heterocycles. The Morgan fingerprint density at radius 2 is 1.80 bits per heavy atom. The van der Waals surface area contributed by atoms with E-state index in [2.05, 4.69) is 9.97 Å². The van der Waals surface area contributed by atoms with Crippen LogP contribution in [0.25, 0.3) is 22.3 Å². The molecule has 0 aliphatic rings. The van der Waals surface area contributed by atoms with Gasteiger partial charge in [-0.2, -0.15) is 0 Å². The molecule has 4 heteroatoms. The molecule has 0 spiro atoms. The largest absolute Gasteiger partial charge is 0.228 e.